The maximum absolute atomic E-state index is 12.6. The molecule has 1 aliphatic carbocycles. The first-order valence-corrected chi connectivity index (χ1v) is 12.5. The first kappa shape index (κ1) is 22.7. The largest absolute Gasteiger partial charge is 0.481 e. The molecule has 4 heteroatoms. The van der Waals surface area contributed by atoms with Crippen LogP contribution in [0.15, 0.2) is 72.8 Å². The molecule has 176 valence electrons. The zero-order chi connectivity index (χ0) is 23.5. The molecule has 0 aromatic heterocycles. The minimum absolute atomic E-state index is 0.00308. The number of ether oxygens (including phenoxy) is 1. The van der Waals surface area contributed by atoms with E-state index in [1.54, 1.807) is 0 Å². The van der Waals surface area contributed by atoms with Gasteiger partial charge in [0.2, 0.25) is 0 Å². The second-order valence-corrected chi connectivity index (χ2v) is 9.68. The first-order valence-electron chi connectivity index (χ1n) is 12.5. The van der Waals surface area contributed by atoms with Crippen LogP contribution in [0.3, 0.4) is 0 Å². The van der Waals surface area contributed by atoms with Gasteiger partial charge in [-0.25, -0.2) is 0 Å². The van der Waals surface area contributed by atoms with Gasteiger partial charge in [0.15, 0.2) is 6.10 Å². The number of carbonyl (C=O) groups is 1. The SMILES string of the molecule is CCC(Oc1ccc2c(c1)C(c1ccccc1)N(Cc1ccc(C)cc1)CC2)C(=O)NC1CC1. The highest BCUT2D eigenvalue weighted by molar-refractivity contribution is 5.81. The molecule has 1 aliphatic heterocycles. The fraction of sp³-hybridized carbons (Fsp3) is 0.367. The third kappa shape index (κ3) is 5.18. The minimum Gasteiger partial charge on any atom is -0.481 e. The van der Waals surface area contributed by atoms with Crippen LogP contribution in [0.2, 0.25) is 0 Å². The van der Waals surface area contributed by atoms with E-state index >= 15 is 0 Å². The van der Waals surface area contributed by atoms with Crippen LogP contribution >= 0.6 is 0 Å². The van der Waals surface area contributed by atoms with Gasteiger partial charge in [0, 0.05) is 19.1 Å². The Morgan fingerprint density at radius 2 is 1.82 bits per heavy atom. The van der Waals surface area contributed by atoms with Crippen molar-refractivity contribution in [3.8, 4) is 5.75 Å². The number of amides is 1. The van der Waals surface area contributed by atoms with Crippen molar-refractivity contribution in [1.82, 2.24) is 10.2 Å². The summed E-state index contributed by atoms with van der Waals surface area (Å²) in [6.07, 6.45) is 3.36. The summed E-state index contributed by atoms with van der Waals surface area (Å²) >= 11 is 0. The molecule has 0 saturated heterocycles. The van der Waals surface area contributed by atoms with Gasteiger partial charge in [-0.05, 0) is 67.0 Å². The standard InChI is InChI=1S/C30H34N2O2/c1-3-28(30(33)31-25-14-15-25)34-26-16-13-23-17-18-32(20-22-11-9-21(2)10-12-22)29(27(23)19-26)24-7-5-4-6-8-24/h4-13,16,19,25,28-29H,3,14-15,17-18,20H2,1-2H3,(H,31,33). The van der Waals surface area contributed by atoms with Gasteiger partial charge in [-0.3, -0.25) is 9.69 Å². The van der Waals surface area contributed by atoms with Crippen molar-refractivity contribution in [2.75, 3.05) is 6.54 Å². The fourth-order valence-electron chi connectivity index (χ4n) is 4.85. The summed E-state index contributed by atoms with van der Waals surface area (Å²) in [6.45, 7) is 6.03. The van der Waals surface area contributed by atoms with E-state index in [-0.39, 0.29) is 11.9 Å². The highest BCUT2D eigenvalue weighted by atomic mass is 16.5. The van der Waals surface area contributed by atoms with Crippen molar-refractivity contribution in [3.63, 3.8) is 0 Å². The Labute approximate surface area is 202 Å². The lowest BCUT2D eigenvalue weighted by Gasteiger charge is -2.38. The molecule has 1 fully saturated rings. The second-order valence-electron chi connectivity index (χ2n) is 9.68. The number of carbonyl (C=O) groups excluding carboxylic acids is 1. The van der Waals surface area contributed by atoms with Crippen LogP contribution in [0.25, 0.3) is 0 Å². The molecule has 34 heavy (non-hydrogen) atoms. The molecular formula is C30H34N2O2. The number of fused-ring (bicyclic) bond motifs is 1. The molecule has 3 aromatic rings. The zero-order valence-electron chi connectivity index (χ0n) is 20.2. The summed E-state index contributed by atoms with van der Waals surface area (Å²) < 4.78 is 6.24. The molecule has 2 atom stereocenters. The normalized spacial score (nSPS) is 18.7. The molecule has 4 nitrogen and oxygen atoms in total. The van der Waals surface area contributed by atoms with Gasteiger partial charge >= 0.3 is 0 Å². The first-order chi connectivity index (χ1) is 16.6. The molecule has 1 amide bonds. The molecule has 2 unspecified atom stereocenters. The van der Waals surface area contributed by atoms with E-state index in [4.69, 9.17) is 4.74 Å². The van der Waals surface area contributed by atoms with Crippen LogP contribution in [0.4, 0.5) is 0 Å². The molecule has 1 N–H and O–H groups in total. The smallest absolute Gasteiger partial charge is 0.261 e. The lowest BCUT2D eigenvalue weighted by molar-refractivity contribution is -0.128. The average Bonchev–Trinajstić information content (AvgIpc) is 3.68. The quantitative estimate of drug-likeness (QED) is 0.483. The van der Waals surface area contributed by atoms with Crippen LogP contribution in [-0.2, 0) is 17.8 Å². The fourth-order valence-corrected chi connectivity index (χ4v) is 4.85. The summed E-state index contributed by atoms with van der Waals surface area (Å²) in [5.74, 6) is 0.776. The molecule has 1 saturated carbocycles. The van der Waals surface area contributed by atoms with Gasteiger partial charge in [0.1, 0.15) is 5.75 Å². The third-order valence-corrected chi connectivity index (χ3v) is 6.93. The molecule has 3 aromatic carbocycles. The molecule has 0 bridgehead atoms. The van der Waals surface area contributed by atoms with Crippen LogP contribution in [0, 0.1) is 6.92 Å². The molecule has 0 radical (unpaired) electrons. The van der Waals surface area contributed by atoms with Crippen LogP contribution in [0.5, 0.6) is 5.75 Å². The second kappa shape index (κ2) is 10.0. The third-order valence-electron chi connectivity index (χ3n) is 6.93. The van der Waals surface area contributed by atoms with Crippen molar-refractivity contribution in [2.24, 2.45) is 0 Å². The predicted molar refractivity (Wildman–Crippen MR) is 136 cm³/mol. The zero-order valence-corrected chi connectivity index (χ0v) is 20.2. The molecule has 0 spiro atoms. The van der Waals surface area contributed by atoms with Crippen LogP contribution in [0.1, 0.15) is 60.0 Å². The topological polar surface area (TPSA) is 41.6 Å². The van der Waals surface area contributed by atoms with Crippen molar-refractivity contribution in [2.45, 2.75) is 64.3 Å². The van der Waals surface area contributed by atoms with Gasteiger partial charge in [0.05, 0.1) is 6.04 Å². The van der Waals surface area contributed by atoms with Crippen molar-refractivity contribution in [3.05, 3.63) is 101 Å². The van der Waals surface area contributed by atoms with E-state index in [9.17, 15) is 4.79 Å². The maximum Gasteiger partial charge on any atom is 0.261 e. The molecule has 1 heterocycles. The number of rotatable bonds is 8. The van der Waals surface area contributed by atoms with Gasteiger partial charge in [-0.1, -0.05) is 73.2 Å². The van der Waals surface area contributed by atoms with E-state index in [1.165, 1.54) is 27.8 Å². The van der Waals surface area contributed by atoms with E-state index < -0.39 is 6.10 Å². The summed E-state index contributed by atoms with van der Waals surface area (Å²) in [5.41, 5.74) is 6.53. The van der Waals surface area contributed by atoms with Gasteiger partial charge in [0.25, 0.3) is 5.91 Å². The van der Waals surface area contributed by atoms with Crippen molar-refractivity contribution < 1.29 is 9.53 Å². The maximum atomic E-state index is 12.6. The van der Waals surface area contributed by atoms with E-state index in [0.717, 1.165) is 38.1 Å². The lowest BCUT2D eigenvalue weighted by atomic mass is 9.87. The van der Waals surface area contributed by atoms with Gasteiger partial charge in [-0.15, -0.1) is 0 Å². The Morgan fingerprint density at radius 3 is 2.53 bits per heavy atom. The van der Waals surface area contributed by atoms with Gasteiger partial charge < -0.3 is 10.1 Å². The van der Waals surface area contributed by atoms with E-state index in [1.807, 2.05) is 13.0 Å². The van der Waals surface area contributed by atoms with Gasteiger partial charge in [-0.2, -0.15) is 0 Å². The monoisotopic (exact) mass is 454 g/mol. The average molecular weight is 455 g/mol. The molecule has 2 aliphatic rings. The number of nitrogens with one attached hydrogen (secondary N) is 1. The van der Waals surface area contributed by atoms with Crippen LogP contribution < -0.4 is 10.1 Å². The Hall–Kier alpha value is -3.11. The highest BCUT2D eigenvalue weighted by Gasteiger charge is 2.31. The summed E-state index contributed by atoms with van der Waals surface area (Å²) in [5, 5.41) is 3.09. The number of hydrogen-bond acceptors (Lipinski definition) is 3. The summed E-state index contributed by atoms with van der Waals surface area (Å²) in [6, 6.07) is 26.5. The Kier molecular flexibility index (Phi) is 6.68. The van der Waals surface area contributed by atoms with Crippen LogP contribution in [-0.4, -0.2) is 29.5 Å². The Balaban J connectivity index is 1.44. The molecule has 5 rings (SSSR count). The number of hydrogen-bond donors (Lipinski definition) is 1. The summed E-state index contributed by atoms with van der Waals surface area (Å²) in [7, 11) is 0. The predicted octanol–water partition coefficient (Wildman–Crippen LogP) is 5.58. The number of aryl methyl sites for hydroxylation is 1. The Bertz CT molecular complexity index is 1120. The van der Waals surface area contributed by atoms with E-state index in [2.05, 4.69) is 83.9 Å². The highest BCUT2D eigenvalue weighted by Crippen LogP contribution is 2.38. The summed E-state index contributed by atoms with van der Waals surface area (Å²) in [4.78, 5) is 15.2. The number of benzene rings is 3. The lowest BCUT2D eigenvalue weighted by Crippen LogP contribution is -2.39. The number of nitrogens with zero attached hydrogens (tertiary/aromatic N) is 1. The van der Waals surface area contributed by atoms with Crippen molar-refractivity contribution in [1.29, 1.82) is 0 Å². The minimum atomic E-state index is -0.457. The Morgan fingerprint density at radius 1 is 1.06 bits per heavy atom. The molecular weight excluding hydrogens is 420 g/mol. The van der Waals surface area contributed by atoms with E-state index in [0.29, 0.717) is 12.5 Å². The van der Waals surface area contributed by atoms with Crippen molar-refractivity contribution >= 4 is 5.91 Å².